The molecule has 174 valence electrons. The van der Waals surface area contributed by atoms with Crippen LogP contribution in [0.25, 0.3) is 10.6 Å². The minimum Gasteiger partial charge on any atom is -0.493 e. The highest BCUT2D eigenvalue weighted by Gasteiger charge is 2.19. The van der Waals surface area contributed by atoms with Crippen LogP contribution in [0.15, 0.2) is 41.8 Å². The number of ether oxygens (including phenoxy) is 3. The second-order valence-electron chi connectivity index (χ2n) is 6.66. The molecule has 1 heterocycles. The van der Waals surface area contributed by atoms with Crippen LogP contribution in [0.1, 0.15) is 23.0 Å². The van der Waals surface area contributed by atoms with Gasteiger partial charge in [-0.2, -0.15) is 0 Å². The van der Waals surface area contributed by atoms with Gasteiger partial charge in [0.25, 0.3) is 5.69 Å². The van der Waals surface area contributed by atoms with E-state index in [9.17, 15) is 14.9 Å². The van der Waals surface area contributed by atoms with Gasteiger partial charge >= 0.3 is 5.97 Å². The largest absolute Gasteiger partial charge is 0.493 e. The summed E-state index contributed by atoms with van der Waals surface area (Å²) >= 11 is 1.38. The first kappa shape index (κ1) is 24.0. The minimum absolute atomic E-state index is 0.00403. The number of benzene rings is 2. The number of carbonyl (C=O) groups is 1. The first-order valence-corrected chi connectivity index (χ1v) is 10.9. The number of rotatable bonds is 11. The Balaban J connectivity index is 1.73. The zero-order valence-corrected chi connectivity index (χ0v) is 18.9. The van der Waals surface area contributed by atoms with Gasteiger partial charge in [-0.3, -0.25) is 10.1 Å². The van der Waals surface area contributed by atoms with E-state index in [1.807, 2.05) is 25.1 Å². The number of aliphatic hydroxyl groups is 1. The first-order chi connectivity index (χ1) is 16.0. The molecule has 0 atom stereocenters. The van der Waals surface area contributed by atoms with Gasteiger partial charge in [0.15, 0.2) is 11.5 Å². The van der Waals surface area contributed by atoms with E-state index in [1.165, 1.54) is 23.5 Å². The third-order valence-corrected chi connectivity index (χ3v) is 5.41. The third-order valence-electron chi connectivity index (χ3n) is 4.47. The Morgan fingerprint density at radius 3 is 2.76 bits per heavy atom. The van der Waals surface area contributed by atoms with Crippen molar-refractivity contribution in [2.24, 2.45) is 0 Å². The van der Waals surface area contributed by atoms with Crippen LogP contribution in [-0.2, 0) is 11.3 Å². The lowest BCUT2D eigenvalue weighted by Gasteiger charge is -2.11. The molecule has 0 saturated heterocycles. The predicted molar refractivity (Wildman–Crippen MR) is 123 cm³/mol. The van der Waals surface area contributed by atoms with E-state index in [0.29, 0.717) is 34.5 Å². The second kappa shape index (κ2) is 11.2. The van der Waals surface area contributed by atoms with Crippen molar-refractivity contribution in [2.75, 3.05) is 32.2 Å². The molecule has 0 saturated carbocycles. The van der Waals surface area contributed by atoms with Crippen LogP contribution < -0.4 is 14.8 Å². The molecule has 3 rings (SSSR count). The predicted octanol–water partition coefficient (Wildman–Crippen LogP) is 3.89. The van der Waals surface area contributed by atoms with Crippen molar-refractivity contribution in [2.45, 2.75) is 13.5 Å². The maximum Gasteiger partial charge on any atom is 0.340 e. The van der Waals surface area contributed by atoms with E-state index in [-0.39, 0.29) is 31.0 Å². The van der Waals surface area contributed by atoms with Gasteiger partial charge in [0, 0.05) is 35.3 Å². The molecule has 0 unspecified atom stereocenters. The van der Waals surface area contributed by atoms with Gasteiger partial charge in [0.2, 0.25) is 0 Å². The van der Waals surface area contributed by atoms with Gasteiger partial charge in [-0.15, -0.1) is 11.3 Å². The Bertz CT molecular complexity index is 1130. The van der Waals surface area contributed by atoms with Gasteiger partial charge in [-0.05, 0) is 31.2 Å². The summed E-state index contributed by atoms with van der Waals surface area (Å²) in [5.41, 5.74) is 1.46. The highest BCUT2D eigenvalue weighted by atomic mass is 32.1. The van der Waals surface area contributed by atoms with E-state index >= 15 is 0 Å². The fourth-order valence-corrected chi connectivity index (χ4v) is 3.76. The van der Waals surface area contributed by atoms with Crippen LogP contribution in [0.3, 0.4) is 0 Å². The van der Waals surface area contributed by atoms with Crippen molar-refractivity contribution >= 4 is 28.7 Å². The first-order valence-electron chi connectivity index (χ1n) is 10.0. The molecule has 0 bridgehead atoms. The fourth-order valence-electron chi connectivity index (χ4n) is 2.96. The van der Waals surface area contributed by atoms with Crippen molar-refractivity contribution in [1.29, 1.82) is 0 Å². The number of thiazole rings is 1. The molecule has 2 aromatic carbocycles. The Hall–Kier alpha value is -3.70. The topological polar surface area (TPSA) is 133 Å². The molecule has 10 nitrogen and oxygen atoms in total. The molecule has 0 radical (unpaired) electrons. The van der Waals surface area contributed by atoms with Crippen molar-refractivity contribution in [3.63, 3.8) is 0 Å². The number of hydrogen-bond acceptors (Lipinski definition) is 10. The van der Waals surface area contributed by atoms with Crippen molar-refractivity contribution in [3.8, 4) is 22.1 Å². The lowest BCUT2D eigenvalue weighted by atomic mass is 10.1. The Labute approximate surface area is 193 Å². The standard InChI is InChI=1S/C22H23N3O7S/c1-3-31-19-7-4-14(10-20(19)30-2)21-24-15(13-33-21)12-32-22(27)17-11-16(25(28)29)5-6-18(17)23-8-9-26/h4-7,10-11,13,23,26H,3,8-9,12H2,1-2H3. The third kappa shape index (κ3) is 5.96. The minimum atomic E-state index is -0.739. The zero-order chi connectivity index (χ0) is 23.8. The average molecular weight is 474 g/mol. The number of aliphatic hydroxyl groups excluding tert-OH is 1. The maximum atomic E-state index is 12.6. The number of methoxy groups -OCH3 is 1. The van der Waals surface area contributed by atoms with Gasteiger partial charge in [-0.1, -0.05) is 0 Å². The smallest absolute Gasteiger partial charge is 0.340 e. The van der Waals surface area contributed by atoms with E-state index in [2.05, 4.69) is 10.3 Å². The number of nitrogens with one attached hydrogen (secondary N) is 1. The number of nitro groups is 1. The Kier molecular flexibility index (Phi) is 8.17. The number of carbonyl (C=O) groups excluding carboxylic acids is 1. The van der Waals surface area contributed by atoms with Gasteiger partial charge in [-0.25, -0.2) is 9.78 Å². The quantitative estimate of drug-likeness (QED) is 0.242. The monoisotopic (exact) mass is 473 g/mol. The molecule has 0 spiro atoms. The van der Waals surface area contributed by atoms with Gasteiger partial charge in [0.1, 0.15) is 11.6 Å². The molecule has 1 aromatic heterocycles. The molecule has 0 fully saturated rings. The number of non-ortho nitro benzene ring substituents is 1. The van der Waals surface area contributed by atoms with Crippen molar-refractivity contribution in [1.82, 2.24) is 4.98 Å². The Morgan fingerprint density at radius 2 is 2.06 bits per heavy atom. The highest BCUT2D eigenvalue weighted by Crippen LogP contribution is 2.34. The number of esters is 1. The molecule has 2 N–H and O–H groups in total. The lowest BCUT2D eigenvalue weighted by Crippen LogP contribution is -2.13. The number of nitro benzene ring substituents is 1. The van der Waals surface area contributed by atoms with Crippen LogP contribution >= 0.6 is 11.3 Å². The lowest BCUT2D eigenvalue weighted by molar-refractivity contribution is -0.384. The summed E-state index contributed by atoms with van der Waals surface area (Å²) in [4.78, 5) is 27.6. The van der Waals surface area contributed by atoms with Crippen LogP contribution in [0.2, 0.25) is 0 Å². The van der Waals surface area contributed by atoms with E-state index in [4.69, 9.17) is 19.3 Å². The fraction of sp³-hybridized carbons (Fsp3) is 0.273. The van der Waals surface area contributed by atoms with E-state index in [1.54, 1.807) is 12.5 Å². The Morgan fingerprint density at radius 1 is 1.24 bits per heavy atom. The van der Waals surface area contributed by atoms with Crippen LogP contribution in [-0.4, -0.2) is 47.9 Å². The van der Waals surface area contributed by atoms with Crippen LogP contribution in [0, 0.1) is 10.1 Å². The van der Waals surface area contributed by atoms with Crippen molar-refractivity contribution < 1.29 is 29.0 Å². The number of hydrogen-bond donors (Lipinski definition) is 2. The molecule has 33 heavy (non-hydrogen) atoms. The summed E-state index contributed by atoms with van der Waals surface area (Å²) in [7, 11) is 1.56. The second-order valence-corrected chi connectivity index (χ2v) is 7.51. The summed E-state index contributed by atoms with van der Waals surface area (Å²) in [5.74, 6) is 0.486. The summed E-state index contributed by atoms with van der Waals surface area (Å²) in [6.45, 7) is 2.32. The molecule has 0 aliphatic carbocycles. The number of nitrogens with zero attached hydrogens (tertiary/aromatic N) is 2. The van der Waals surface area contributed by atoms with E-state index < -0.39 is 10.9 Å². The average Bonchev–Trinajstić information content (AvgIpc) is 3.30. The van der Waals surface area contributed by atoms with Crippen molar-refractivity contribution in [3.05, 3.63) is 63.1 Å². The molecular formula is C22H23N3O7S. The zero-order valence-electron chi connectivity index (χ0n) is 18.1. The molecule has 11 heteroatoms. The molecule has 0 aliphatic rings. The summed E-state index contributed by atoms with van der Waals surface area (Å²) in [6.07, 6.45) is 0. The van der Waals surface area contributed by atoms with Gasteiger partial charge < -0.3 is 24.6 Å². The molecule has 3 aromatic rings. The molecule has 0 aliphatic heterocycles. The summed E-state index contributed by atoms with van der Waals surface area (Å²) < 4.78 is 16.3. The van der Waals surface area contributed by atoms with Gasteiger partial charge in [0.05, 0.1) is 36.5 Å². The SMILES string of the molecule is CCOc1ccc(-c2nc(COC(=O)c3cc([N+](=O)[O-])ccc3NCCO)cs2)cc1OC. The normalized spacial score (nSPS) is 10.5. The summed E-state index contributed by atoms with van der Waals surface area (Å²) in [6, 6.07) is 9.31. The number of anilines is 1. The van der Waals surface area contributed by atoms with Crippen LogP contribution in [0.5, 0.6) is 11.5 Å². The van der Waals surface area contributed by atoms with Crippen LogP contribution in [0.4, 0.5) is 11.4 Å². The molecule has 0 amide bonds. The summed E-state index contributed by atoms with van der Waals surface area (Å²) in [5, 5.41) is 25.4. The van der Waals surface area contributed by atoms with E-state index in [0.717, 1.165) is 11.6 Å². The molecular weight excluding hydrogens is 450 g/mol. The highest BCUT2D eigenvalue weighted by molar-refractivity contribution is 7.13. The number of aromatic nitrogens is 1. The maximum absolute atomic E-state index is 12.6.